The van der Waals surface area contributed by atoms with Crippen molar-refractivity contribution in [1.82, 2.24) is 4.90 Å². The molecule has 0 aromatic heterocycles. The number of likely N-dealkylation sites (tertiary alicyclic amines) is 1. The highest BCUT2D eigenvalue weighted by Crippen LogP contribution is 2.30. The second kappa shape index (κ2) is 4.57. The summed E-state index contributed by atoms with van der Waals surface area (Å²) < 4.78 is 18.1. The Bertz CT molecular complexity index is 259. The number of carbonyl (C=O) groups excluding carboxylic acids is 1. The maximum Gasteiger partial charge on any atom is 0.410 e. The fourth-order valence-electron chi connectivity index (χ4n) is 1.75. The van der Waals surface area contributed by atoms with E-state index in [0.717, 1.165) is 0 Å². The van der Waals surface area contributed by atoms with Crippen LogP contribution in [0.25, 0.3) is 0 Å². The average Bonchev–Trinajstić information content (AvgIpc) is 2.60. The second-order valence-corrected chi connectivity index (χ2v) is 5.49. The summed E-state index contributed by atoms with van der Waals surface area (Å²) >= 11 is 0. The van der Waals surface area contributed by atoms with Crippen molar-refractivity contribution in [1.29, 1.82) is 0 Å². The van der Waals surface area contributed by atoms with Gasteiger partial charge < -0.3 is 15.4 Å². The molecule has 5 heteroatoms. The Morgan fingerprint density at radius 2 is 2.19 bits per heavy atom. The molecule has 2 N–H and O–H groups in total. The quantitative estimate of drug-likeness (QED) is 0.785. The van der Waals surface area contributed by atoms with Gasteiger partial charge in [-0.2, -0.15) is 0 Å². The number of alkyl halides is 1. The van der Waals surface area contributed by atoms with E-state index in [2.05, 4.69) is 0 Å². The molecule has 1 fully saturated rings. The summed E-state index contributed by atoms with van der Waals surface area (Å²) in [6.45, 7) is 6.10. The van der Waals surface area contributed by atoms with E-state index in [1.807, 2.05) is 20.8 Å². The third kappa shape index (κ3) is 3.07. The molecule has 1 amide bonds. The van der Waals surface area contributed by atoms with Gasteiger partial charge in [-0.15, -0.1) is 0 Å². The lowest BCUT2D eigenvalue weighted by molar-refractivity contribution is 0.0269. The minimum Gasteiger partial charge on any atom is -0.444 e. The molecule has 0 bridgehead atoms. The van der Waals surface area contributed by atoms with Crippen LogP contribution in [0.5, 0.6) is 0 Å². The highest BCUT2D eigenvalue weighted by atomic mass is 19.1. The molecule has 0 saturated carbocycles. The van der Waals surface area contributed by atoms with Crippen LogP contribution in [0.2, 0.25) is 0 Å². The Kier molecular flexibility index (Phi) is 3.78. The Hall–Kier alpha value is -0.840. The minimum atomic E-state index is -0.559. The molecule has 1 aliphatic heterocycles. The van der Waals surface area contributed by atoms with Gasteiger partial charge in [0.2, 0.25) is 0 Å². The molecule has 0 radical (unpaired) electrons. The van der Waals surface area contributed by atoms with Crippen LogP contribution in [-0.2, 0) is 4.74 Å². The highest BCUT2D eigenvalue weighted by molar-refractivity contribution is 5.68. The zero-order valence-electron chi connectivity index (χ0n) is 10.3. The SMILES string of the molecule is CC(C)(C)OC(=O)N1CCC(CN)(CF)C1. The third-order valence-corrected chi connectivity index (χ3v) is 2.81. The summed E-state index contributed by atoms with van der Waals surface area (Å²) in [7, 11) is 0. The fourth-order valence-corrected chi connectivity index (χ4v) is 1.75. The van der Waals surface area contributed by atoms with Crippen LogP contribution in [0.1, 0.15) is 27.2 Å². The molecule has 1 rings (SSSR count). The molecule has 0 aromatic carbocycles. The van der Waals surface area contributed by atoms with Crippen molar-refractivity contribution in [3.05, 3.63) is 0 Å². The molecule has 0 aliphatic carbocycles. The topological polar surface area (TPSA) is 55.6 Å². The standard InChI is InChI=1S/C11H21FN2O2/c1-10(2,3)16-9(15)14-5-4-11(6-12,7-13)8-14/h4-8,13H2,1-3H3. The second-order valence-electron chi connectivity index (χ2n) is 5.49. The van der Waals surface area contributed by atoms with Crippen LogP contribution in [0.4, 0.5) is 9.18 Å². The summed E-state index contributed by atoms with van der Waals surface area (Å²) in [4.78, 5) is 13.3. The van der Waals surface area contributed by atoms with Crippen molar-refractivity contribution in [2.24, 2.45) is 11.1 Å². The first-order chi connectivity index (χ1) is 7.32. The van der Waals surface area contributed by atoms with Crippen molar-refractivity contribution in [3.8, 4) is 0 Å². The van der Waals surface area contributed by atoms with Gasteiger partial charge in [0, 0.05) is 25.0 Å². The zero-order valence-corrected chi connectivity index (χ0v) is 10.3. The largest absolute Gasteiger partial charge is 0.444 e. The van der Waals surface area contributed by atoms with E-state index in [4.69, 9.17) is 10.5 Å². The van der Waals surface area contributed by atoms with E-state index < -0.39 is 17.7 Å². The van der Waals surface area contributed by atoms with E-state index in [0.29, 0.717) is 19.5 Å². The lowest BCUT2D eigenvalue weighted by atomic mass is 9.89. The van der Waals surface area contributed by atoms with Gasteiger partial charge in [-0.3, -0.25) is 4.39 Å². The molecule has 0 spiro atoms. The van der Waals surface area contributed by atoms with E-state index in [1.165, 1.54) is 4.90 Å². The van der Waals surface area contributed by atoms with Gasteiger partial charge in [0.15, 0.2) is 0 Å². The van der Waals surface area contributed by atoms with Crippen LogP contribution in [0.3, 0.4) is 0 Å². The van der Waals surface area contributed by atoms with Crippen LogP contribution >= 0.6 is 0 Å². The maximum absolute atomic E-state index is 12.9. The van der Waals surface area contributed by atoms with Gasteiger partial charge in [-0.05, 0) is 27.2 Å². The number of halogens is 1. The van der Waals surface area contributed by atoms with Crippen molar-refractivity contribution >= 4 is 6.09 Å². The van der Waals surface area contributed by atoms with Crippen LogP contribution in [-0.4, -0.2) is 42.9 Å². The van der Waals surface area contributed by atoms with Crippen LogP contribution < -0.4 is 5.73 Å². The fraction of sp³-hybridized carbons (Fsp3) is 0.909. The van der Waals surface area contributed by atoms with Gasteiger partial charge in [0.25, 0.3) is 0 Å². The smallest absolute Gasteiger partial charge is 0.410 e. The maximum atomic E-state index is 12.9. The predicted molar refractivity (Wildman–Crippen MR) is 59.9 cm³/mol. The molecule has 16 heavy (non-hydrogen) atoms. The highest BCUT2D eigenvalue weighted by Gasteiger charge is 2.40. The van der Waals surface area contributed by atoms with Crippen LogP contribution in [0, 0.1) is 5.41 Å². The zero-order chi connectivity index (χ0) is 12.4. The molecular formula is C11H21FN2O2. The number of amides is 1. The van der Waals surface area contributed by atoms with Crippen LogP contribution in [0.15, 0.2) is 0 Å². The molecule has 1 heterocycles. The molecule has 1 atom stereocenters. The lowest BCUT2D eigenvalue weighted by Gasteiger charge is -2.26. The number of hydrogen-bond donors (Lipinski definition) is 1. The first-order valence-corrected chi connectivity index (χ1v) is 5.56. The number of nitrogens with two attached hydrogens (primary N) is 1. The van der Waals surface area contributed by atoms with E-state index >= 15 is 0 Å². The first kappa shape index (κ1) is 13.2. The number of ether oxygens (including phenoxy) is 1. The summed E-state index contributed by atoms with van der Waals surface area (Å²) in [5.41, 5.74) is 4.48. The van der Waals surface area contributed by atoms with Gasteiger partial charge in [-0.1, -0.05) is 0 Å². The monoisotopic (exact) mass is 232 g/mol. The first-order valence-electron chi connectivity index (χ1n) is 5.56. The predicted octanol–water partition coefficient (Wildman–Crippen LogP) is 1.54. The third-order valence-electron chi connectivity index (χ3n) is 2.81. The molecule has 0 aromatic rings. The van der Waals surface area contributed by atoms with Crippen molar-refractivity contribution < 1.29 is 13.9 Å². The molecule has 94 valence electrons. The van der Waals surface area contributed by atoms with E-state index in [9.17, 15) is 9.18 Å². The number of rotatable bonds is 2. The van der Waals surface area contributed by atoms with Gasteiger partial charge in [0.05, 0.1) is 6.67 Å². The van der Waals surface area contributed by atoms with E-state index in [-0.39, 0.29) is 12.6 Å². The summed E-state index contributed by atoms with van der Waals surface area (Å²) in [6.07, 6.45) is 0.232. The molecule has 1 unspecified atom stereocenters. The molecule has 1 saturated heterocycles. The number of carbonyl (C=O) groups is 1. The van der Waals surface area contributed by atoms with Gasteiger partial charge in [-0.25, -0.2) is 4.79 Å². The summed E-state index contributed by atoms with van der Waals surface area (Å²) in [5, 5.41) is 0. The Morgan fingerprint density at radius 1 is 1.56 bits per heavy atom. The summed E-state index contributed by atoms with van der Waals surface area (Å²) in [5.74, 6) is 0. The Morgan fingerprint density at radius 3 is 2.56 bits per heavy atom. The van der Waals surface area contributed by atoms with Crippen molar-refractivity contribution in [2.75, 3.05) is 26.3 Å². The molecule has 4 nitrogen and oxygen atoms in total. The lowest BCUT2D eigenvalue weighted by Crippen LogP contribution is -2.40. The van der Waals surface area contributed by atoms with E-state index in [1.54, 1.807) is 0 Å². The molecule has 1 aliphatic rings. The number of nitrogens with zero attached hydrogens (tertiary/aromatic N) is 1. The number of hydrogen-bond acceptors (Lipinski definition) is 3. The van der Waals surface area contributed by atoms with Crippen molar-refractivity contribution in [3.63, 3.8) is 0 Å². The van der Waals surface area contributed by atoms with Gasteiger partial charge in [0.1, 0.15) is 5.60 Å². The Balaban J connectivity index is 2.56. The van der Waals surface area contributed by atoms with Crippen molar-refractivity contribution in [2.45, 2.75) is 32.8 Å². The summed E-state index contributed by atoms with van der Waals surface area (Å²) in [6, 6.07) is 0. The average molecular weight is 232 g/mol. The minimum absolute atomic E-state index is 0.267. The van der Waals surface area contributed by atoms with Gasteiger partial charge >= 0.3 is 6.09 Å². The normalized spacial score (nSPS) is 25.9. The molecular weight excluding hydrogens is 211 g/mol. The Labute approximate surface area is 95.9 Å².